The van der Waals surface area contributed by atoms with E-state index in [-0.39, 0.29) is 17.5 Å². The molecule has 1 saturated carbocycles. The van der Waals surface area contributed by atoms with Gasteiger partial charge in [-0.3, -0.25) is 9.69 Å². The zero-order valence-corrected chi connectivity index (χ0v) is 10.6. The molecular formula is C12H23N3O. The molecule has 4 nitrogen and oxygen atoms in total. The minimum atomic E-state index is -0.116. The van der Waals surface area contributed by atoms with Crippen LogP contribution in [-0.4, -0.2) is 53.5 Å². The van der Waals surface area contributed by atoms with Crippen LogP contribution in [0.4, 0.5) is 0 Å². The molecule has 1 amide bonds. The Balaban J connectivity index is 2.29. The van der Waals surface area contributed by atoms with Gasteiger partial charge in [-0.05, 0) is 33.1 Å². The Bertz CT molecular complexity index is 286. The van der Waals surface area contributed by atoms with E-state index in [4.69, 9.17) is 5.73 Å². The molecule has 1 heterocycles. The van der Waals surface area contributed by atoms with Crippen LogP contribution in [0.15, 0.2) is 0 Å². The number of nitrogens with two attached hydrogens (primary N) is 1. The summed E-state index contributed by atoms with van der Waals surface area (Å²) in [6.07, 6.45) is 3.47. The van der Waals surface area contributed by atoms with Gasteiger partial charge in [-0.2, -0.15) is 0 Å². The van der Waals surface area contributed by atoms with Crippen molar-refractivity contribution in [2.24, 2.45) is 5.73 Å². The average molecular weight is 225 g/mol. The molecule has 1 saturated heterocycles. The van der Waals surface area contributed by atoms with Crippen molar-refractivity contribution in [3.8, 4) is 0 Å². The number of hydrogen-bond acceptors (Lipinski definition) is 3. The van der Waals surface area contributed by atoms with Crippen LogP contribution >= 0.6 is 0 Å². The van der Waals surface area contributed by atoms with E-state index in [0.717, 1.165) is 13.0 Å². The molecule has 0 aromatic heterocycles. The Morgan fingerprint density at radius 2 is 2.06 bits per heavy atom. The summed E-state index contributed by atoms with van der Waals surface area (Å²) in [4.78, 5) is 16.4. The third-order valence-corrected chi connectivity index (χ3v) is 3.92. The largest absolute Gasteiger partial charge is 0.344 e. The van der Waals surface area contributed by atoms with Crippen LogP contribution in [0.1, 0.15) is 33.1 Å². The lowest BCUT2D eigenvalue weighted by atomic mass is 9.96. The van der Waals surface area contributed by atoms with E-state index < -0.39 is 0 Å². The maximum absolute atomic E-state index is 12.2. The third-order valence-electron chi connectivity index (χ3n) is 3.92. The zero-order chi connectivity index (χ0) is 11.9. The topological polar surface area (TPSA) is 49.6 Å². The van der Waals surface area contributed by atoms with Gasteiger partial charge in [0, 0.05) is 31.7 Å². The average Bonchev–Trinajstić information content (AvgIpc) is 3.04. The second-order valence-corrected chi connectivity index (χ2v) is 5.71. The van der Waals surface area contributed by atoms with E-state index in [1.165, 1.54) is 12.8 Å². The molecule has 0 bridgehead atoms. The first-order chi connectivity index (χ1) is 7.47. The Hall–Kier alpha value is -0.610. The number of hydrogen-bond donors (Lipinski definition) is 1. The molecule has 92 valence electrons. The Kier molecular flexibility index (Phi) is 2.97. The summed E-state index contributed by atoms with van der Waals surface area (Å²) in [5.41, 5.74) is 5.90. The van der Waals surface area contributed by atoms with E-state index in [1.807, 2.05) is 11.9 Å². The molecule has 2 aliphatic rings. The van der Waals surface area contributed by atoms with Gasteiger partial charge < -0.3 is 10.6 Å². The van der Waals surface area contributed by atoms with Crippen molar-refractivity contribution < 1.29 is 4.79 Å². The standard InChI is InChI=1S/C12H23N3O/c1-12(2)6-7-14(3)11(16)10(8-13)15(12)9-4-5-9/h9-10H,4-8,13H2,1-3H3. The highest BCUT2D eigenvalue weighted by Crippen LogP contribution is 2.37. The van der Waals surface area contributed by atoms with Gasteiger partial charge in [-0.25, -0.2) is 0 Å². The van der Waals surface area contributed by atoms with Crippen molar-refractivity contribution >= 4 is 5.91 Å². The molecule has 0 spiro atoms. The maximum Gasteiger partial charge on any atom is 0.241 e. The van der Waals surface area contributed by atoms with Gasteiger partial charge in [0.25, 0.3) is 0 Å². The summed E-state index contributed by atoms with van der Waals surface area (Å²) < 4.78 is 0. The van der Waals surface area contributed by atoms with E-state index in [1.54, 1.807) is 0 Å². The second-order valence-electron chi connectivity index (χ2n) is 5.71. The lowest BCUT2D eigenvalue weighted by Crippen LogP contribution is -2.56. The normalized spacial score (nSPS) is 31.6. The van der Waals surface area contributed by atoms with Crippen molar-refractivity contribution in [3.05, 3.63) is 0 Å². The SMILES string of the molecule is CN1CCC(C)(C)N(C2CC2)C(CN)C1=O. The monoisotopic (exact) mass is 225 g/mol. The predicted octanol–water partition coefficient (Wildman–Crippen LogP) is 0.419. The third kappa shape index (κ3) is 1.96. The first kappa shape index (κ1) is 11.9. The molecule has 1 aliphatic carbocycles. The van der Waals surface area contributed by atoms with Crippen molar-refractivity contribution in [3.63, 3.8) is 0 Å². The Morgan fingerprint density at radius 3 is 2.56 bits per heavy atom. The van der Waals surface area contributed by atoms with Crippen LogP contribution in [0.3, 0.4) is 0 Å². The van der Waals surface area contributed by atoms with E-state index >= 15 is 0 Å². The quantitative estimate of drug-likeness (QED) is 0.741. The van der Waals surface area contributed by atoms with Gasteiger partial charge in [-0.15, -0.1) is 0 Å². The van der Waals surface area contributed by atoms with Gasteiger partial charge in [-0.1, -0.05) is 0 Å². The Labute approximate surface area is 97.8 Å². The Morgan fingerprint density at radius 1 is 1.44 bits per heavy atom. The van der Waals surface area contributed by atoms with Crippen LogP contribution in [0.25, 0.3) is 0 Å². The summed E-state index contributed by atoms with van der Waals surface area (Å²) in [7, 11) is 1.89. The number of nitrogens with zero attached hydrogens (tertiary/aromatic N) is 2. The highest BCUT2D eigenvalue weighted by atomic mass is 16.2. The minimum absolute atomic E-state index is 0.0889. The van der Waals surface area contributed by atoms with Crippen molar-refractivity contribution in [2.75, 3.05) is 20.1 Å². The molecule has 4 heteroatoms. The van der Waals surface area contributed by atoms with Gasteiger partial charge in [0.2, 0.25) is 5.91 Å². The van der Waals surface area contributed by atoms with Crippen LogP contribution in [0, 0.1) is 0 Å². The first-order valence-electron chi connectivity index (χ1n) is 6.21. The first-order valence-corrected chi connectivity index (χ1v) is 6.21. The van der Waals surface area contributed by atoms with E-state index in [0.29, 0.717) is 12.6 Å². The summed E-state index contributed by atoms with van der Waals surface area (Å²) in [5.74, 6) is 0.194. The maximum atomic E-state index is 12.2. The molecule has 16 heavy (non-hydrogen) atoms. The van der Waals surface area contributed by atoms with E-state index in [2.05, 4.69) is 18.7 Å². The van der Waals surface area contributed by atoms with Crippen LogP contribution in [-0.2, 0) is 4.79 Å². The van der Waals surface area contributed by atoms with Gasteiger partial charge in [0.15, 0.2) is 0 Å². The number of rotatable bonds is 2. The highest BCUT2D eigenvalue weighted by molar-refractivity contribution is 5.82. The number of amides is 1. The van der Waals surface area contributed by atoms with Crippen LogP contribution in [0.5, 0.6) is 0 Å². The molecule has 1 unspecified atom stereocenters. The molecule has 2 fully saturated rings. The molecule has 0 aromatic carbocycles. The molecular weight excluding hydrogens is 202 g/mol. The minimum Gasteiger partial charge on any atom is -0.344 e. The van der Waals surface area contributed by atoms with Gasteiger partial charge in [0.1, 0.15) is 6.04 Å². The number of likely N-dealkylation sites (N-methyl/N-ethyl adjacent to an activating group) is 1. The molecule has 0 aromatic rings. The fourth-order valence-electron chi connectivity index (χ4n) is 2.79. The summed E-state index contributed by atoms with van der Waals surface area (Å²) in [6.45, 7) is 5.75. The number of carbonyl (C=O) groups is 1. The van der Waals surface area contributed by atoms with Crippen LogP contribution < -0.4 is 5.73 Å². The smallest absolute Gasteiger partial charge is 0.241 e. The lowest BCUT2D eigenvalue weighted by Gasteiger charge is -2.40. The summed E-state index contributed by atoms with van der Waals surface area (Å²) in [6, 6.07) is 0.467. The molecule has 0 radical (unpaired) electrons. The molecule has 1 aliphatic heterocycles. The predicted molar refractivity (Wildman–Crippen MR) is 64.0 cm³/mol. The van der Waals surface area contributed by atoms with Crippen molar-refractivity contribution in [2.45, 2.75) is 50.7 Å². The highest BCUT2D eigenvalue weighted by Gasteiger charge is 2.46. The fourth-order valence-corrected chi connectivity index (χ4v) is 2.79. The van der Waals surface area contributed by atoms with Gasteiger partial charge >= 0.3 is 0 Å². The summed E-state index contributed by atoms with van der Waals surface area (Å²) in [5, 5.41) is 0. The van der Waals surface area contributed by atoms with Crippen molar-refractivity contribution in [1.82, 2.24) is 9.80 Å². The molecule has 1 atom stereocenters. The van der Waals surface area contributed by atoms with Gasteiger partial charge in [0.05, 0.1) is 0 Å². The lowest BCUT2D eigenvalue weighted by molar-refractivity contribution is -0.135. The number of carbonyl (C=O) groups excluding carboxylic acids is 1. The molecule has 2 rings (SSSR count). The summed E-state index contributed by atoms with van der Waals surface area (Å²) >= 11 is 0. The molecule has 2 N–H and O–H groups in total. The van der Waals surface area contributed by atoms with Crippen LogP contribution in [0.2, 0.25) is 0 Å². The van der Waals surface area contributed by atoms with Crippen molar-refractivity contribution in [1.29, 1.82) is 0 Å². The fraction of sp³-hybridized carbons (Fsp3) is 0.917. The second kappa shape index (κ2) is 4.00. The zero-order valence-electron chi connectivity index (χ0n) is 10.6. The van der Waals surface area contributed by atoms with E-state index in [9.17, 15) is 4.79 Å².